The second-order valence-corrected chi connectivity index (χ2v) is 4.66. The third kappa shape index (κ3) is 2.18. The summed E-state index contributed by atoms with van der Waals surface area (Å²) >= 11 is 0. The highest BCUT2D eigenvalue weighted by Crippen LogP contribution is 2.29. The van der Waals surface area contributed by atoms with Crippen molar-refractivity contribution >= 4 is 10.9 Å². The van der Waals surface area contributed by atoms with Gasteiger partial charge in [0.25, 0.3) is 6.43 Å². The molecule has 1 unspecified atom stereocenters. The average Bonchev–Trinajstić information content (AvgIpc) is 2.95. The van der Waals surface area contributed by atoms with Gasteiger partial charge in [0.15, 0.2) is 0 Å². The number of hydrogen-bond donors (Lipinski definition) is 2. The molecule has 0 amide bonds. The molecule has 2 nitrogen and oxygen atoms in total. The Labute approximate surface area is 114 Å². The van der Waals surface area contributed by atoms with E-state index in [9.17, 15) is 13.9 Å². The summed E-state index contributed by atoms with van der Waals surface area (Å²) in [6.45, 7) is 0. The van der Waals surface area contributed by atoms with Gasteiger partial charge >= 0.3 is 0 Å². The number of aromatic amines is 1. The first kappa shape index (κ1) is 12.8. The molecule has 0 saturated carbocycles. The van der Waals surface area contributed by atoms with Crippen LogP contribution in [0.25, 0.3) is 10.9 Å². The second kappa shape index (κ2) is 5.06. The third-order valence-electron chi connectivity index (χ3n) is 3.43. The third-order valence-corrected chi connectivity index (χ3v) is 3.43. The van der Waals surface area contributed by atoms with Crippen LogP contribution < -0.4 is 0 Å². The summed E-state index contributed by atoms with van der Waals surface area (Å²) < 4.78 is 25.0. The molecule has 0 aliphatic carbocycles. The summed E-state index contributed by atoms with van der Waals surface area (Å²) in [7, 11) is 0. The summed E-state index contributed by atoms with van der Waals surface area (Å²) in [5, 5.41) is 11.4. The van der Waals surface area contributed by atoms with Crippen molar-refractivity contribution in [3.63, 3.8) is 0 Å². The van der Waals surface area contributed by atoms with E-state index in [-0.39, 0.29) is 5.56 Å². The molecule has 2 aromatic carbocycles. The van der Waals surface area contributed by atoms with E-state index in [4.69, 9.17) is 0 Å². The highest BCUT2D eigenvalue weighted by atomic mass is 19.3. The number of H-pyrrole nitrogens is 1. The molecule has 0 fully saturated rings. The van der Waals surface area contributed by atoms with E-state index >= 15 is 0 Å². The maximum atomic E-state index is 12.5. The summed E-state index contributed by atoms with van der Waals surface area (Å²) in [6, 6.07) is 13.3. The van der Waals surface area contributed by atoms with E-state index in [1.54, 1.807) is 6.20 Å². The van der Waals surface area contributed by atoms with Crippen molar-refractivity contribution in [2.45, 2.75) is 12.5 Å². The quantitative estimate of drug-likeness (QED) is 0.737. The van der Waals surface area contributed by atoms with Crippen molar-refractivity contribution < 1.29 is 13.9 Å². The SMILES string of the molecule is OC(c1ccc(C(F)F)cc1)c1cccc2[nH]ccc12. The van der Waals surface area contributed by atoms with Crippen LogP contribution in [-0.4, -0.2) is 10.1 Å². The predicted octanol–water partition coefficient (Wildman–Crippen LogP) is 4.19. The lowest BCUT2D eigenvalue weighted by molar-refractivity contribution is 0.151. The number of fused-ring (bicyclic) bond motifs is 1. The molecule has 0 saturated heterocycles. The molecule has 0 aliphatic rings. The van der Waals surface area contributed by atoms with Crippen LogP contribution in [0.3, 0.4) is 0 Å². The van der Waals surface area contributed by atoms with Crippen molar-refractivity contribution in [1.29, 1.82) is 0 Å². The Bertz CT molecular complexity index is 719. The van der Waals surface area contributed by atoms with Crippen molar-refractivity contribution in [2.24, 2.45) is 0 Å². The minimum absolute atomic E-state index is 0.0409. The van der Waals surface area contributed by atoms with Crippen LogP contribution in [0, 0.1) is 0 Å². The maximum Gasteiger partial charge on any atom is 0.263 e. The second-order valence-electron chi connectivity index (χ2n) is 4.66. The fourth-order valence-corrected chi connectivity index (χ4v) is 2.35. The number of nitrogens with one attached hydrogen (secondary N) is 1. The van der Waals surface area contributed by atoms with Gasteiger partial charge in [0.05, 0.1) is 0 Å². The topological polar surface area (TPSA) is 36.0 Å². The molecule has 1 aromatic heterocycles. The number of alkyl halides is 2. The lowest BCUT2D eigenvalue weighted by Crippen LogP contribution is -2.00. The number of rotatable bonds is 3. The summed E-state index contributed by atoms with van der Waals surface area (Å²) in [5.74, 6) is 0. The van der Waals surface area contributed by atoms with Crippen LogP contribution in [-0.2, 0) is 0 Å². The van der Waals surface area contributed by atoms with Gasteiger partial charge in [0, 0.05) is 22.7 Å². The summed E-state index contributed by atoms with van der Waals surface area (Å²) in [6.07, 6.45) is -1.52. The molecular formula is C16H13F2NO. The van der Waals surface area contributed by atoms with Crippen LogP contribution in [0.5, 0.6) is 0 Å². The number of benzene rings is 2. The van der Waals surface area contributed by atoms with Crippen molar-refractivity contribution in [3.8, 4) is 0 Å². The van der Waals surface area contributed by atoms with E-state index in [1.807, 2.05) is 24.3 Å². The molecule has 3 rings (SSSR count). The Morgan fingerprint density at radius 2 is 1.60 bits per heavy atom. The molecule has 2 N–H and O–H groups in total. The van der Waals surface area contributed by atoms with Gasteiger partial charge in [0.1, 0.15) is 6.10 Å². The Morgan fingerprint density at radius 3 is 2.30 bits per heavy atom. The Kier molecular flexibility index (Phi) is 3.24. The highest BCUT2D eigenvalue weighted by Gasteiger charge is 2.15. The zero-order chi connectivity index (χ0) is 14.1. The number of aliphatic hydroxyl groups excluding tert-OH is 1. The highest BCUT2D eigenvalue weighted by molar-refractivity contribution is 5.83. The Balaban J connectivity index is 1.99. The van der Waals surface area contributed by atoms with E-state index in [2.05, 4.69) is 4.98 Å². The van der Waals surface area contributed by atoms with Crippen LogP contribution in [0.1, 0.15) is 29.2 Å². The molecule has 20 heavy (non-hydrogen) atoms. The van der Waals surface area contributed by atoms with Crippen LogP contribution in [0.4, 0.5) is 8.78 Å². The van der Waals surface area contributed by atoms with Gasteiger partial charge in [-0.25, -0.2) is 8.78 Å². The van der Waals surface area contributed by atoms with Crippen LogP contribution in [0.15, 0.2) is 54.7 Å². The minimum Gasteiger partial charge on any atom is -0.384 e. The lowest BCUT2D eigenvalue weighted by atomic mass is 9.98. The van der Waals surface area contributed by atoms with E-state index < -0.39 is 12.5 Å². The largest absolute Gasteiger partial charge is 0.384 e. The van der Waals surface area contributed by atoms with Crippen LogP contribution in [0.2, 0.25) is 0 Å². The summed E-state index contributed by atoms with van der Waals surface area (Å²) in [4.78, 5) is 3.08. The van der Waals surface area contributed by atoms with Crippen molar-refractivity contribution in [2.75, 3.05) is 0 Å². The molecule has 3 aromatic rings. The minimum atomic E-state index is -2.49. The average molecular weight is 273 g/mol. The molecule has 0 bridgehead atoms. The van der Waals surface area contributed by atoms with E-state index in [1.165, 1.54) is 24.3 Å². The zero-order valence-corrected chi connectivity index (χ0v) is 10.6. The fourth-order valence-electron chi connectivity index (χ4n) is 2.35. The number of aromatic nitrogens is 1. The molecule has 1 atom stereocenters. The monoisotopic (exact) mass is 273 g/mol. The summed E-state index contributed by atoms with van der Waals surface area (Å²) in [5.41, 5.74) is 2.25. The van der Waals surface area contributed by atoms with Gasteiger partial charge in [0.2, 0.25) is 0 Å². The van der Waals surface area contributed by atoms with E-state index in [0.29, 0.717) is 5.56 Å². The van der Waals surface area contributed by atoms with Crippen molar-refractivity contribution in [3.05, 3.63) is 71.4 Å². The van der Waals surface area contributed by atoms with Crippen molar-refractivity contribution in [1.82, 2.24) is 4.98 Å². The molecule has 0 spiro atoms. The lowest BCUT2D eigenvalue weighted by Gasteiger charge is -2.13. The van der Waals surface area contributed by atoms with Crippen LogP contribution >= 0.6 is 0 Å². The normalized spacial score (nSPS) is 13.0. The molecule has 0 radical (unpaired) electrons. The molecule has 4 heteroatoms. The maximum absolute atomic E-state index is 12.5. The molecule has 0 aliphatic heterocycles. The van der Waals surface area contributed by atoms with Gasteiger partial charge < -0.3 is 10.1 Å². The van der Waals surface area contributed by atoms with Gasteiger partial charge in [-0.2, -0.15) is 0 Å². The Hall–Kier alpha value is -2.20. The fraction of sp³-hybridized carbons (Fsp3) is 0.125. The van der Waals surface area contributed by atoms with E-state index in [0.717, 1.165) is 16.5 Å². The smallest absolute Gasteiger partial charge is 0.263 e. The van der Waals surface area contributed by atoms with Gasteiger partial charge in [-0.05, 0) is 23.3 Å². The first-order chi connectivity index (χ1) is 9.66. The first-order valence-electron chi connectivity index (χ1n) is 6.29. The number of hydrogen-bond acceptors (Lipinski definition) is 1. The Morgan fingerprint density at radius 1 is 0.900 bits per heavy atom. The molecule has 102 valence electrons. The number of halogens is 2. The molecule has 1 heterocycles. The zero-order valence-electron chi connectivity index (χ0n) is 10.6. The molecular weight excluding hydrogens is 260 g/mol. The van der Waals surface area contributed by atoms with Gasteiger partial charge in [-0.3, -0.25) is 0 Å². The predicted molar refractivity (Wildman–Crippen MR) is 73.8 cm³/mol. The first-order valence-corrected chi connectivity index (χ1v) is 6.29. The van der Waals surface area contributed by atoms with Gasteiger partial charge in [-0.1, -0.05) is 36.4 Å². The standard InChI is InChI=1S/C16H13F2NO/c17-16(18)11-6-4-10(5-7-11)15(20)13-2-1-3-14-12(13)8-9-19-14/h1-9,15-16,19-20H. The van der Waals surface area contributed by atoms with Gasteiger partial charge in [-0.15, -0.1) is 0 Å². The number of aliphatic hydroxyl groups is 1.